The molecule has 0 N–H and O–H groups in total. The van der Waals surface area contributed by atoms with E-state index in [2.05, 4.69) is 25.6 Å². The Morgan fingerprint density at radius 3 is 1.81 bits per heavy atom. The molecule has 0 unspecified atom stereocenters. The van der Waals surface area contributed by atoms with Gasteiger partial charge in [0.1, 0.15) is 6.61 Å². The van der Waals surface area contributed by atoms with Crippen LogP contribution in [0.15, 0.2) is 60.7 Å². The monoisotopic (exact) mass is 331 g/mol. The van der Waals surface area contributed by atoms with Crippen molar-refractivity contribution < 1.29 is 12.4 Å². The summed E-state index contributed by atoms with van der Waals surface area (Å²) in [5, 5.41) is 0. The van der Waals surface area contributed by atoms with Crippen LogP contribution in [0.3, 0.4) is 0 Å². The fourth-order valence-electron chi connectivity index (χ4n) is 1.97. The summed E-state index contributed by atoms with van der Waals surface area (Å²) >= 11 is 7.59. The molecule has 108 valence electrons. The molecule has 0 aliphatic carbocycles. The molecule has 0 saturated heterocycles. The first-order valence-corrected chi connectivity index (χ1v) is 6.93. The minimum absolute atomic E-state index is 0. The zero-order valence-corrected chi connectivity index (χ0v) is 14.6. The predicted octanol–water partition coefficient (Wildman–Crippen LogP) is 3.79. The van der Waals surface area contributed by atoms with E-state index in [-0.39, 0.29) is 38.4 Å². The van der Waals surface area contributed by atoms with Gasteiger partial charge in [-0.15, -0.1) is 0 Å². The zero-order valence-electron chi connectivity index (χ0n) is 13.4. The summed E-state index contributed by atoms with van der Waals surface area (Å²) < 4.78 is 6.04. The summed E-state index contributed by atoms with van der Waals surface area (Å²) in [6.45, 7) is 0.241. The molecular weight excluding hydrogens is 315 g/mol. The fraction of sp³-hybridized carbons (Fsp3) is 0.133. The number of carbonyl (C=O) groups excluding carboxylic acids is 1. The van der Waals surface area contributed by atoms with Gasteiger partial charge in [0.15, 0.2) is 0 Å². The average Bonchev–Trinajstić information content (AvgIpc) is 2.49. The Morgan fingerprint density at radius 1 is 1.00 bits per heavy atom. The standard InChI is InChI=1S/C15H15NO2S2.Mg.2H/c17-15(16(19)20)18-11-14(12-7-3-1-4-8-12)13-9-5-2-6-10-13;;;/h1-10,14,19-20H,11H2;;;/q;+2;2*-1. The molecule has 3 nitrogen and oxygen atoms in total. The van der Waals surface area contributed by atoms with Crippen molar-refractivity contribution in [3.8, 4) is 0 Å². The van der Waals surface area contributed by atoms with Crippen molar-refractivity contribution in [1.29, 1.82) is 0 Å². The van der Waals surface area contributed by atoms with Crippen molar-refractivity contribution in [3.63, 3.8) is 0 Å². The second kappa shape index (κ2) is 9.25. The van der Waals surface area contributed by atoms with Crippen LogP contribution in [0.5, 0.6) is 0 Å². The van der Waals surface area contributed by atoms with Crippen LogP contribution in [0.1, 0.15) is 19.9 Å². The smallest absolute Gasteiger partial charge is 1.00 e. The molecule has 6 heteroatoms. The Bertz CT molecular complexity index is 522. The number of amides is 1. The Kier molecular flexibility index (Phi) is 8.02. The van der Waals surface area contributed by atoms with Gasteiger partial charge in [0.05, 0.1) is 0 Å². The molecule has 0 fully saturated rings. The van der Waals surface area contributed by atoms with Crippen molar-refractivity contribution in [1.82, 2.24) is 3.71 Å². The van der Waals surface area contributed by atoms with E-state index in [0.717, 1.165) is 14.8 Å². The van der Waals surface area contributed by atoms with Gasteiger partial charge in [-0.3, -0.25) is 0 Å². The minimum Gasteiger partial charge on any atom is -1.00 e. The third-order valence-corrected chi connectivity index (χ3v) is 3.27. The number of rotatable bonds is 4. The number of nitrogens with zero attached hydrogens (tertiary/aromatic N) is 1. The van der Waals surface area contributed by atoms with Crippen molar-refractivity contribution in [2.45, 2.75) is 5.92 Å². The van der Waals surface area contributed by atoms with E-state index in [0.29, 0.717) is 0 Å². The van der Waals surface area contributed by atoms with Gasteiger partial charge in [-0.1, -0.05) is 60.7 Å². The second-order valence-corrected chi connectivity index (χ2v) is 5.36. The molecule has 0 aliphatic rings. The summed E-state index contributed by atoms with van der Waals surface area (Å²) in [6.07, 6.45) is -0.589. The van der Waals surface area contributed by atoms with Gasteiger partial charge in [0.2, 0.25) is 0 Å². The number of ether oxygens (including phenoxy) is 1. The van der Waals surface area contributed by atoms with Crippen LogP contribution in [0.2, 0.25) is 0 Å². The van der Waals surface area contributed by atoms with E-state index >= 15 is 0 Å². The summed E-state index contributed by atoms with van der Waals surface area (Å²) in [4.78, 5) is 11.5. The maximum atomic E-state index is 11.5. The number of hydrogen-bond donors (Lipinski definition) is 2. The third kappa shape index (κ3) is 5.46. The van der Waals surface area contributed by atoms with Crippen LogP contribution in [-0.4, -0.2) is 39.5 Å². The van der Waals surface area contributed by atoms with Gasteiger partial charge in [-0.05, 0) is 36.8 Å². The molecule has 0 aromatic heterocycles. The van der Waals surface area contributed by atoms with Crippen LogP contribution >= 0.6 is 25.6 Å². The number of hydrogen-bond acceptors (Lipinski definition) is 4. The minimum atomic E-state index is -0.589. The van der Waals surface area contributed by atoms with Crippen LogP contribution in [0.25, 0.3) is 0 Å². The Labute approximate surface area is 154 Å². The van der Waals surface area contributed by atoms with E-state index < -0.39 is 6.09 Å². The third-order valence-electron chi connectivity index (χ3n) is 2.94. The molecule has 0 bridgehead atoms. The molecule has 0 spiro atoms. The second-order valence-electron chi connectivity index (χ2n) is 4.24. The normalized spacial score (nSPS) is 9.86. The summed E-state index contributed by atoms with van der Waals surface area (Å²) in [5.41, 5.74) is 2.19. The first-order chi connectivity index (χ1) is 9.68. The molecular formula is C15H17MgNO2S2. The van der Waals surface area contributed by atoms with Gasteiger partial charge in [0, 0.05) is 5.92 Å². The van der Waals surface area contributed by atoms with Crippen molar-refractivity contribution >= 4 is 54.8 Å². The fourth-order valence-corrected chi connectivity index (χ4v) is 2.08. The molecule has 2 rings (SSSR count). The topological polar surface area (TPSA) is 29.5 Å². The molecule has 2 aromatic rings. The molecule has 0 radical (unpaired) electrons. The Balaban J connectivity index is 0. The maximum Gasteiger partial charge on any atom is 2.00 e. The zero-order chi connectivity index (χ0) is 14.4. The van der Waals surface area contributed by atoms with Gasteiger partial charge in [0.25, 0.3) is 0 Å². The Morgan fingerprint density at radius 2 is 1.43 bits per heavy atom. The SMILES string of the molecule is O=C(OCC(c1ccccc1)c1ccccc1)N(S)S.[H-].[H-].[Mg+2]. The Hall–Kier alpha value is -0.824. The average molecular weight is 332 g/mol. The van der Waals surface area contributed by atoms with Crippen molar-refractivity contribution in [2.75, 3.05) is 6.61 Å². The van der Waals surface area contributed by atoms with Gasteiger partial charge in [-0.25, -0.2) is 4.79 Å². The molecule has 21 heavy (non-hydrogen) atoms. The summed E-state index contributed by atoms with van der Waals surface area (Å²) in [7, 11) is 0. The van der Waals surface area contributed by atoms with E-state index in [1.165, 1.54) is 0 Å². The largest absolute Gasteiger partial charge is 2.00 e. The molecule has 0 saturated carbocycles. The van der Waals surface area contributed by atoms with E-state index in [9.17, 15) is 4.79 Å². The van der Waals surface area contributed by atoms with Gasteiger partial charge in [-0.2, -0.15) is 3.71 Å². The van der Waals surface area contributed by atoms with Crippen molar-refractivity contribution in [3.05, 3.63) is 71.8 Å². The molecule has 0 aliphatic heterocycles. The summed E-state index contributed by atoms with van der Waals surface area (Å²) in [6, 6.07) is 19.9. The van der Waals surface area contributed by atoms with Crippen LogP contribution in [0, 0.1) is 0 Å². The van der Waals surface area contributed by atoms with Crippen LogP contribution in [0.4, 0.5) is 4.79 Å². The van der Waals surface area contributed by atoms with E-state index in [1.54, 1.807) is 0 Å². The number of carbonyl (C=O) groups is 1. The van der Waals surface area contributed by atoms with Crippen LogP contribution in [-0.2, 0) is 4.74 Å². The first kappa shape index (κ1) is 18.2. The van der Waals surface area contributed by atoms with Crippen LogP contribution < -0.4 is 0 Å². The predicted molar refractivity (Wildman–Crippen MR) is 93.9 cm³/mol. The number of benzene rings is 2. The first-order valence-electron chi connectivity index (χ1n) is 6.13. The van der Waals surface area contributed by atoms with E-state index in [1.807, 2.05) is 60.7 Å². The molecule has 0 atom stereocenters. The quantitative estimate of drug-likeness (QED) is 0.659. The van der Waals surface area contributed by atoms with Gasteiger partial charge < -0.3 is 7.59 Å². The maximum absolute atomic E-state index is 11.5. The van der Waals surface area contributed by atoms with Crippen molar-refractivity contribution in [2.24, 2.45) is 0 Å². The van der Waals surface area contributed by atoms with Gasteiger partial charge >= 0.3 is 29.1 Å². The number of thiol groups is 2. The molecule has 0 heterocycles. The molecule has 2 aromatic carbocycles. The summed E-state index contributed by atoms with van der Waals surface area (Å²) in [5.74, 6) is -0.0111. The molecule has 1 amide bonds. The van der Waals surface area contributed by atoms with E-state index in [4.69, 9.17) is 4.74 Å².